The van der Waals surface area contributed by atoms with E-state index in [9.17, 15) is 9.59 Å². The van der Waals surface area contributed by atoms with E-state index in [0.717, 1.165) is 0 Å². The Labute approximate surface area is 71.4 Å². The lowest BCUT2D eigenvalue weighted by Crippen LogP contribution is -2.14. The summed E-state index contributed by atoms with van der Waals surface area (Å²) in [4.78, 5) is 22.0. The molecular formula is C9H12O3. The van der Waals surface area contributed by atoms with Crippen molar-refractivity contribution in [1.29, 1.82) is 0 Å². The number of carbonyl (C=O) groups is 2. The van der Waals surface area contributed by atoms with Crippen molar-refractivity contribution < 1.29 is 14.3 Å². The molecule has 3 nitrogen and oxygen atoms in total. The van der Waals surface area contributed by atoms with Crippen LogP contribution in [0, 0.1) is 0 Å². The van der Waals surface area contributed by atoms with Gasteiger partial charge in [0.1, 0.15) is 5.78 Å². The Morgan fingerprint density at radius 3 is 3.00 bits per heavy atom. The number of hydrogen-bond acceptors (Lipinski definition) is 3. The van der Waals surface area contributed by atoms with Gasteiger partial charge in [-0.05, 0) is 13.3 Å². The number of esters is 1. The highest BCUT2D eigenvalue weighted by Gasteiger charge is 2.17. The van der Waals surface area contributed by atoms with Gasteiger partial charge in [-0.3, -0.25) is 4.79 Å². The van der Waals surface area contributed by atoms with Crippen molar-refractivity contribution >= 4 is 11.8 Å². The molecule has 0 unspecified atom stereocenters. The molecule has 3 heteroatoms. The standard InChI is InChI=1S/C9H12O3/c1-2-12-9(11)7-4-3-5-8(10)6-7/h4H,2-3,5-6H2,1H3. The summed E-state index contributed by atoms with van der Waals surface area (Å²) in [6, 6.07) is 0. The molecule has 0 radical (unpaired) electrons. The Morgan fingerprint density at radius 1 is 1.67 bits per heavy atom. The second-order valence-electron chi connectivity index (χ2n) is 2.70. The molecular weight excluding hydrogens is 156 g/mol. The molecule has 0 aliphatic heterocycles. The average molecular weight is 168 g/mol. The van der Waals surface area contributed by atoms with Crippen LogP contribution in [-0.4, -0.2) is 18.4 Å². The monoisotopic (exact) mass is 168 g/mol. The van der Waals surface area contributed by atoms with Crippen LogP contribution in [0.25, 0.3) is 0 Å². The van der Waals surface area contributed by atoms with Crippen molar-refractivity contribution in [2.75, 3.05) is 6.61 Å². The maximum atomic E-state index is 11.1. The minimum Gasteiger partial charge on any atom is -0.463 e. The molecule has 1 aliphatic carbocycles. The zero-order valence-electron chi connectivity index (χ0n) is 7.13. The van der Waals surface area contributed by atoms with E-state index in [2.05, 4.69) is 0 Å². The van der Waals surface area contributed by atoms with Crippen LogP contribution in [0.2, 0.25) is 0 Å². The molecule has 0 N–H and O–H groups in total. The van der Waals surface area contributed by atoms with E-state index >= 15 is 0 Å². The maximum absolute atomic E-state index is 11.1. The normalized spacial score (nSPS) is 17.1. The first-order chi connectivity index (χ1) is 5.74. The third-order valence-corrected chi connectivity index (χ3v) is 1.74. The van der Waals surface area contributed by atoms with E-state index in [1.165, 1.54) is 0 Å². The van der Waals surface area contributed by atoms with Crippen LogP contribution >= 0.6 is 0 Å². The van der Waals surface area contributed by atoms with Crippen LogP contribution in [0.4, 0.5) is 0 Å². The lowest BCUT2D eigenvalue weighted by molar-refractivity contribution is -0.139. The molecule has 0 aromatic carbocycles. The number of hydrogen-bond donors (Lipinski definition) is 0. The molecule has 0 bridgehead atoms. The van der Waals surface area contributed by atoms with Crippen molar-refractivity contribution in [3.8, 4) is 0 Å². The highest BCUT2D eigenvalue weighted by atomic mass is 16.5. The Hall–Kier alpha value is -1.12. The van der Waals surface area contributed by atoms with E-state index < -0.39 is 0 Å². The first-order valence-electron chi connectivity index (χ1n) is 4.12. The summed E-state index contributed by atoms with van der Waals surface area (Å²) in [6.45, 7) is 2.12. The van der Waals surface area contributed by atoms with Crippen LogP contribution in [0.3, 0.4) is 0 Å². The van der Waals surface area contributed by atoms with E-state index in [-0.39, 0.29) is 18.2 Å². The van der Waals surface area contributed by atoms with E-state index in [4.69, 9.17) is 4.74 Å². The van der Waals surface area contributed by atoms with E-state index in [0.29, 0.717) is 25.0 Å². The molecule has 12 heavy (non-hydrogen) atoms. The fourth-order valence-electron chi connectivity index (χ4n) is 1.16. The number of carbonyl (C=O) groups excluding carboxylic acids is 2. The fourth-order valence-corrected chi connectivity index (χ4v) is 1.16. The van der Waals surface area contributed by atoms with Gasteiger partial charge in [-0.25, -0.2) is 4.79 Å². The molecule has 0 heterocycles. The van der Waals surface area contributed by atoms with Gasteiger partial charge >= 0.3 is 5.97 Å². The number of rotatable bonds is 2. The van der Waals surface area contributed by atoms with Gasteiger partial charge in [0.05, 0.1) is 6.61 Å². The third kappa shape index (κ3) is 2.19. The third-order valence-electron chi connectivity index (χ3n) is 1.74. The Kier molecular flexibility index (Phi) is 3.02. The van der Waals surface area contributed by atoms with Crippen molar-refractivity contribution in [3.63, 3.8) is 0 Å². The lowest BCUT2D eigenvalue weighted by atomic mass is 9.99. The van der Waals surface area contributed by atoms with Gasteiger partial charge in [-0.1, -0.05) is 6.08 Å². The number of allylic oxidation sites excluding steroid dienone is 1. The second kappa shape index (κ2) is 4.04. The zero-order chi connectivity index (χ0) is 8.97. The summed E-state index contributed by atoms with van der Waals surface area (Å²) in [5, 5.41) is 0. The summed E-state index contributed by atoms with van der Waals surface area (Å²) in [5.74, 6) is -0.217. The van der Waals surface area contributed by atoms with Gasteiger partial charge in [-0.15, -0.1) is 0 Å². The molecule has 0 saturated heterocycles. The van der Waals surface area contributed by atoms with Crippen LogP contribution in [0.5, 0.6) is 0 Å². The van der Waals surface area contributed by atoms with Crippen molar-refractivity contribution in [1.82, 2.24) is 0 Å². The highest BCUT2D eigenvalue weighted by molar-refractivity contribution is 5.97. The second-order valence-corrected chi connectivity index (χ2v) is 2.70. The summed E-state index contributed by atoms with van der Waals surface area (Å²) >= 11 is 0. The largest absolute Gasteiger partial charge is 0.463 e. The van der Waals surface area contributed by atoms with Gasteiger partial charge in [0.15, 0.2) is 0 Å². The maximum Gasteiger partial charge on any atom is 0.334 e. The lowest BCUT2D eigenvalue weighted by Gasteiger charge is -2.09. The number of Topliss-reactive ketones (excluding diaryl/α,β-unsaturated/α-hetero) is 1. The van der Waals surface area contributed by atoms with Gasteiger partial charge < -0.3 is 4.74 Å². The molecule has 0 atom stereocenters. The topological polar surface area (TPSA) is 43.4 Å². The average Bonchev–Trinajstić information content (AvgIpc) is 2.05. The van der Waals surface area contributed by atoms with Gasteiger partial charge in [0.25, 0.3) is 0 Å². The number of ketones is 1. The predicted octanol–water partition coefficient (Wildman–Crippen LogP) is 1.23. The number of ether oxygens (including phenoxy) is 1. The first kappa shape index (κ1) is 8.97. The summed E-state index contributed by atoms with van der Waals surface area (Å²) in [7, 11) is 0. The molecule has 0 spiro atoms. The zero-order valence-corrected chi connectivity index (χ0v) is 7.13. The van der Waals surface area contributed by atoms with Gasteiger partial charge in [0, 0.05) is 18.4 Å². The van der Waals surface area contributed by atoms with Crippen LogP contribution in [0.1, 0.15) is 26.2 Å². The molecule has 0 aromatic heterocycles. The molecule has 0 aromatic rings. The first-order valence-corrected chi connectivity index (χ1v) is 4.12. The van der Waals surface area contributed by atoms with E-state index in [1.54, 1.807) is 13.0 Å². The van der Waals surface area contributed by atoms with E-state index in [1.807, 2.05) is 0 Å². The summed E-state index contributed by atoms with van der Waals surface area (Å²) < 4.78 is 4.77. The van der Waals surface area contributed by atoms with Crippen molar-refractivity contribution in [2.24, 2.45) is 0 Å². The molecule has 0 amide bonds. The smallest absolute Gasteiger partial charge is 0.334 e. The molecule has 1 aliphatic rings. The highest BCUT2D eigenvalue weighted by Crippen LogP contribution is 2.15. The molecule has 0 saturated carbocycles. The van der Waals surface area contributed by atoms with Crippen molar-refractivity contribution in [2.45, 2.75) is 26.2 Å². The van der Waals surface area contributed by atoms with Gasteiger partial charge in [0.2, 0.25) is 0 Å². The Bertz CT molecular complexity index is 228. The fraction of sp³-hybridized carbons (Fsp3) is 0.556. The SMILES string of the molecule is CCOC(=O)C1=CCCC(=O)C1. The van der Waals surface area contributed by atoms with Gasteiger partial charge in [-0.2, -0.15) is 0 Å². The minimum atomic E-state index is -0.342. The minimum absolute atomic E-state index is 0.126. The summed E-state index contributed by atoms with van der Waals surface area (Å²) in [5.41, 5.74) is 0.521. The Morgan fingerprint density at radius 2 is 2.42 bits per heavy atom. The van der Waals surface area contributed by atoms with Crippen LogP contribution < -0.4 is 0 Å². The van der Waals surface area contributed by atoms with Crippen molar-refractivity contribution in [3.05, 3.63) is 11.6 Å². The quantitative estimate of drug-likeness (QED) is 0.582. The molecule has 66 valence electrons. The Balaban J connectivity index is 2.56. The summed E-state index contributed by atoms with van der Waals surface area (Å²) in [6.07, 6.45) is 3.27. The molecule has 1 rings (SSSR count). The molecule has 0 fully saturated rings. The van der Waals surface area contributed by atoms with Crippen LogP contribution in [-0.2, 0) is 14.3 Å². The van der Waals surface area contributed by atoms with Crippen LogP contribution in [0.15, 0.2) is 11.6 Å². The predicted molar refractivity (Wildman–Crippen MR) is 43.6 cm³/mol.